The molecule has 2 aromatic carbocycles. The van der Waals surface area contributed by atoms with E-state index >= 15 is 0 Å². The minimum Gasteiger partial charge on any atom is -0.465 e. The summed E-state index contributed by atoms with van der Waals surface area (Å²) >= 11 is 6.42. The third kappa shape index (κ3) is 6.11. The second-order valence-corrected chi connectivity index (χ2v) is 9.95. The molecule has 4 rings (SSSR count). The SMILES string of the molecule is CC(=O)N1CCN(C(=O)O)C(C(=O)N(c2cccc(F)c2)[C@H](C(=O)NC2CC(F)(F)C2)c2ccccc2Cl)C1. The molecule has 0 bridgehead atoms. The topological polar surface area (TPSA) is 110 Å². The average Bonchev–Trinajstić information content (AvgIpc) is 2.85. The standard InChI is InChI=1S/C26H26ClF3N4O5/c1-15(35)32-9-10-33(25(38)39)21(14-32)24(37)34(18-6-4-5-16(28)11-18)22(19-7-2-3-8-20(19)27)23(36)31-17-12-26(29,30)13-17/h2-8,11,17,21-22H,9-10,12-14H2,1H3,(H,31,36)(H,38,39)/t21?,22-/m0/s1. The predicted molar refractivity (Wildman–Crippen MR) is 135 cm³/mol. The number of rotatable bonds is 6. The molecule has 2 fully saturated rings. The summed E-state index contributed by atoms with van der Waals surface area (Å²) < 4.78 is 41.4. The highest BCUT2D eigenvalue weighted by Gasteiger charge is 2.48. The van der Waals surface area contributed by atoms with E-state index in [1.165, 1.54) is 36.1 Å². The van der Waals surface area contributed by atoms with Crippen molar-refractivity contribution in [3.05, 3.63) is 64.9 Å². The second kappa shape index (κ2) is 11.1. The zero-order valence-corrected chi connectivity index (χ0v) is 21.6. The van der Waals surface area contributed by atoms with Crippen LogP contribution in [0, 0.1) is 5.82 Å². The van der Waals surface area contributed by atoms with Crippen LogP contribution in [0.1, 0.15) is 31.4 Å². The summed E-state index contributed by atoms with van der Waals surface area (Å²) in [5.74, 6) is -5.85. The molecule has 1 saturated heterocycles. The normalized spacial score (nSPS) is 19.6. The molecule has 1 aliphatic heterocycles. The van der Waals surface area contributed by atoms with E-state index in [4.69, 9.17) is 11.6 Å². The van der Waals surface area contributed by atoms with E-state index in [-0.39, 0.29) is 41.8 Å². The van der Waals surface area contributed by atoms with Crippen LogP contribution in [0.5, 0.6) is 0 Å². The van der Waals surface area contributed by atoms with Crippen LogP contribution in [0.3, 0.4) is 0 Å². The number of carbonyl (C=O) groups is 4. The molecule has 1 saturated carbocycles. The van der Waals surface area contributed by atoms with Crippen LogP contribution in [-0.4, -0.2) is 76.4 Å². The molecule has 0 spiro atoms. The minimum atomic E-state index is -2.93. The van der Waals surface area contributed by atoms with E-state index in [0.29, 0.717) is 0 Å². The minimum absolute atomic E-state index is 0.0513. The zero-order chi connectivity index (χ0) is 28.5. The summed E-state index contributed by atoms with van der Waals surface area (Å²) in [5, 5.41) is 12.4. The number of nitrogens with one attached hydrogen (secondary N) is 1. The molecule has 0 aromatic heterocycles. The molecule has 1 aliphatic carbocycles. The summed E-state index contributed by atoms with van der Waals surface area (Å²) in [7, 11) is 0. The fraction of sp³-hybridized carbons (Fsp3) is 0.385. The van der Waals surface area contributed by atoms with Crippen LogP contribution in [-0.2, 0) is 14.4 Å². The first kappa shape index (κ1) is 28.2. The molecular weight excluding hydrogens is 541 g/mol. The van der Waals surface area contributed by atoms with Gasteiger partial charge in [0.05, 0.1) is 6.54 Å². The number of nitrogens with zero attached hydrogens (tertiary/aromatic N) is 3. The van der Waals surface area contributed by atoms with Gasteiger partial charge in [-0.25, -0.2) is 18.0 Å². The number of alkyl halides is 2. The smallest absolute Gasteiger partial charge is 0.408 e. The highest BCUT2D eigenvalue weighted by Crippen LogP contribution is 2.39. The first-order chi connectivity index (χ1) is 18.4. The summed E-state index contributed by atoms with van der Waals surface area (Å²) in [6.07, 6.45) is -2.61. The van der Waals surface area contributed by atoms with Crippen molar-refractivity contribution in [2.45, 2.75) is 43.8 Å². The monoisotopic (exact) mass is 566 g/mol. The quantitative estimate of drug-likeness (QED) is 0.554. The van der Waals surface area contributed by atoms with E-state index in [1.54, 1.807) is 12.1 Å². The van der Waals surface area contributed by atoms with Crippen molar-refractivity contribution in [1.29, 1.82) is 0 Å². The molecule has 2 N–H and O–H groups in total. The van der Waals surface area contributed by atoms with Gasteiger partial charge in [0.1, 0.15) is 17.9 Å². The lowest BCUT2D eigenvalue weighted by molar-refractivity contribution is -0.137. The fourth-order valence-electron chi connectivity index (χ4n) is 4.84. The second-order valence-electron chi connectivity index (χ2n) is 9.54. The highest BCUT2D eigenvalue weighted by atomic mass is 35.5. The molecule has 4 amide bonds. The van der Waals surface area contributed by atoms with E-state index < -0.39 is 60.6 Å². The lowest BCUT2D eigenvalue weighted by atomic mass is 9.87. The molecule has 208 valence electrons. The predicted octanol–water partition coefficient (Wildman–Crippen LogP) is 3.68. The Balaban J connectivity index is 1.82. The van der Waals surface area contributed by atoms with Gasteiger partial charge in [-0.05, 0) is 24.3 Å². The van der Waals surface area contributed by atoms with Crippen LogP contribution >= 0.6 is 11.6 Å². The van der Waals surface area contributed by atoms with Crippen molar-refractivity contribution in [1.82, 2.24) is 15.1 Å². The molecule has 1 heterocycles. The molecule has 0 radical (unpaired) electrons. The largest absolute Gasteiger partial charge is 0.465 e. The Labute approximate surface area is 227 Å². The van der Waals surface area contributed by atoms with Crippen molar-refractivity contribution in [3.63, 3.8) is 0 Å². The Morgan fingerprint density at radius 3 is 2.38 bits per heavy atom. The number of piperazine rings is 1. The lowest BCUT2D eigenvalue weighted by Crippen LogP contribution is -2.63. The molecule has 2 atom stereocenters. The van der Waals surface area contributed by atoms with Gasteiger partial charge in [0.15, 0.2) is 0 Å². The van der Waals surface area contributed by atoms with Gasteiger partial charge in [-0.15, -0.1) is 0 Å². The molecule has 13 heteroatoms. The third-order valence-electron chi connectivity index (χ3n) is 6.82. The summed E-state index contributed by atoms with van der Waals surface area (Å²) in [6.45, 7) is 0.840. The maximum Gasteiger partial charge on any atom is 0.408 e. The lowest BCUT2D eigenvalue weighted by Gasteiger charge is -2.43. The van der Waals surface area contributed by atoms with Crippen molar-refractivity contribution >= 4 is 41.1 Å². The van der Waals surface area contributed by atoms with Gasteiger partial charge >= 0.3 is 6.09 Å². The maximum absolute atomic E-state index is 14.4. The Morgan fingerprint density at radius 1 is 1.10 bits per heavy atom. The first-order valence-electron chi connectivity index (χ1n) is 12.1. The van der Waals surface area contributed by atoms with Crippen LogP contribution < -0.4 is 10.2 Å². The molecule has 9 nitrogen and oxygen atoms in total. The summed E-state index contributed by atoms with van der Waals surface area (Å²) in [6, 6.07) is 6.92. The molecule has 1 unspecified atom stereocenters. The Hall–Kier alpha value is -3.80. The fourth-order valence-corrected chi connectivity index (χ4v) is 5.08. The number of hydrogen-bond acceptors (Lipinski definition) is 4. The van der Waals surface area contributed by atoms with Gasteiger partial charge in [-0.1, -0.05) is 35.9 Å². The van der Waals surface area contributed by atoms with Crippen molar-refractivity contribution < 1.29 is 37.5 Å². The maximum atomic E-state index is 14.4. The van der Waals surface area contributed by atoms with Gasteiger partial charge in [-0.2, -0.15) is 0 Å². The van der Waals surface area contributed by atoms with Crippen LogP contribution in [0.25, 0.3) is 0 Å². The molecular formula is C26H26ClF3N4O5. The van der Waals surface area contributed by atoms with Crippen molar-refractivity contribution in [3.8, 4) is 0 Å². The van der Waals surface area contributed by atoms with Crippen LogP contribution in [0.15, 0.2) is 48.5 Å². The van der Waals surface area contributed by atoms with Crippen molar-refractivity contribution in [2.75, 3.05) is 24.5 Å². The number of carbonyl (C=O) groups excluding carboxylic acids is 3. The van der Waals surface area contributed by atoms with E-state index in [2.05, 4.69) is 5.32 Å². The van der Waals surface area contributed by atoms with Crippen LogP contribution in [0.2, 0.25) is 5.02 Å². The van der Waals surface area contributed by atoms with Crippen LogP contribution in [0.4, 0.5) is 23.7 Å². The highest BCUT2D eigenvalue weighted by molar-refractivity contribution is 6.31. The van der Waals surface area contributed by atoms with Gasteiger partial charge in [0.2, 0.25) is 11.8 Å². The zero-order valence-electron chi connectivity index (χ0n) is 20.8. The Bertz CT molecular complexity index is 1290. The Morgan fingerprint density at radius 2 is 1.79 bits per heavy atom. The number of hydrogen-bond donors (Lipinski definition) is 2. The number of anilines is 1. The number of amides is 4. The van der Waals surface area contributed by atoms with Gasteiger partial charge < -0.3 is 15.3 Å². The number of benzene rings is 2. The molecule has 2 aliphatic rings. The van der Waals surface area contributed by atoms with E-state index in [1.807, 2.05) is 0 Å². The summed E-state index contributed by atoms with van der Waals surface area (Å²) in [5.41, 5.74) is 0.0192. The van der Waals surface area contributed by atoms with E-state index in [0.717, 1.165) is 21.9 Å². The van der Waals surface area contributed by atoms with Gasteiger partial charge in [0, 0.05) is 55.2 Å². The first-order valence-corrected chi connectivity index (χ1v) is 12.5. The third-order valence-corrected chi connectivity index (χ3v) is 7.17. The molecule has 39 heavy (non-hydrogen) atoms. The van der Waals surface area contributed by atoms with E-state index in [9.17, 15) is 37.5 Å². The van der Waals surface area contributed by atoms with Crippen molar-refractivity contribution in [2.24, 2.45) is 0 Å². The Kier molecular flexibility index (Phi) is 8.05. The number of carboxylic acid groups (broad SMARTS) is 1. The summed E-state index contributed by atoms with van der Waals surface area (Å²) in [4.78, 5) is 55.1. The van der Waals surface area contributed by atoms with Gasteiger partial charge in [0.25, 0.3) is 11.8 Å². The van der Waals surface area contributed by atoms with Gasteiger partial charge in [-0.3, -0.25) is 24.2 Å². The number of halogens is 4. The molecule has 2 aromatic rings. The average molecular weight is 567 g/mol.